The van der Waals surface area contributed by atoms with Crippen LogP contribution >= 0.6 is 0 Å². The minimum Gasteiger partial charge on any atom is -0.478 e. The van der Waals surface area contributed by atoms with Crippen molar-refractivity contribution >= 4 is 11.7 Å². The number of anilines is 1. The summed E-state index contributed by atoms with van der Waals surface area (Å²) in [6.07, 6.45) is 2.76. The molecule has 0 aromatic heterocycles. The quantitative estimate of drug-likeness (QED) is 0.618. The molecule has 0 bridgehead atoms. The van der Waals surface area contributed by atoms with Crippen molar-refractivity contribution in [2.24, 2.45) is 0 Å². The van der Waals surface area contributed by atoms with Crippen molar-refractivity contribution in [2.75, 3.05) is 18.5 Å². The highest BCUT2D eigenvalue weighted by molar-refractivity contribution is 5.88. The number of aliphatic hydroxyl groups excluding tert-OH is 1. The summed E-state index contributed by atoms with van der Waals surface area (Å²) in [7, 11) is 0. The summed E-state index contributed by atoms with van der Waals surface area (Å²) in [6, 6.07) is 6.76. The van der Waals surface area contributed by atoms with Gasteiger partial charge in [-0.05, 0) is 37.5 Å². The summed E-state index contributed by atoms with van der Waals surface area (Å²) < 4.78 is 0. The van der Waals surface area contributed by atoms with Crippen LogP contribution in [0.5, 0.6) is 0 Å². The molecule has 3 N–H and O–H groups in total. The van der Waals surface area contributed by atoms with E-state index in [0.717, 1.165) is 31.5 Å². The molecule has 0 heterocycles. The monoisotopic (exact) mass is 223 g/mol. The summed E-state index contributed by atoms with van der Waals surface area (Å²) in [5, 5.41) is 20.5. The maximum Gasteiger partial charge on any atom is 0.335 e. The molecule has 88 valence electrons. The van der Waals surface area contributed by atoms with Crippen molar-refractivity contribution in [2.45, 2.75) is 19.3 Å². The van der Waals surface area contributed by atoms with Crippen LogP contribution in [0.2, 0.25) is 0 Å². The number of hydrogen-bond donors (Lipinski definition) is 3. The Kier molecular flexibility index (Phi) is 5.36. The van der Waals surface area contributed by atoms with E-state index in [1.54, 1.807) is 18.2 Å². The number of aromatic carboxylic acids is 1. The summed E-state index contributed by atoms with van der Waals surface area (Å²) in [5.41, 5.74) is 1.12. The minimum atomic E-state index is -0.913. The zero-order chi connectivity index (χ0) is 11.8. The Morgan fingerprint density at radius 1 is 1.25 bits per heavy atom. The van der Waals surface area contributed by atoms with Crippen LogP contribution in [0, 0.1) is 0 Å². The van der Waals surface area contributed by atoms with Crippen molar-refractivity contribution < 1.29 is 15.0 Å². The number of carboxylic acid groups (broad SMARTS) is 1. The van der Waals surface area contributed by atoms with E-state index < -0.39 is 5.97 Å². The van der Waals surface area contributed by atoms with Gasteiger partial charge >= 0.3 is 5.97 Å². The molecule has 0 unspecified atom stereocenters. The van der Waals surface area contributed by atoms with Gasteiger partial charge in [-0.25, -0.2) is 4.79 Å². The number of aliphatic hydroxyl groups is 1. The lowest BCUT2D eigenvalue weighted by atomic mass is 10.2. The zero-order valence-electron chi connectivity index (χ0n) is 9.15. The maximum absolute atomic E-state index is 10.7. The van der Waals surface area contributed by atoms with E-state index in [0.29, 0.717) is 5.56 Å². The number of nitrogens with one attached hydrogen (secondary N) is 1. The Bertz CT molecular complexity index is 339. The molecule has 0 saturated heterocycles. The molecular weight excluding hydrogens is 206 g/mol. The summed E-state index contributed by atoms with van der Waals surface area (Å²) in [4.78, 5) is 10.7. The fraction of sp³-hybridized carbons (Fsp3) is 0.417. The first kappa shape index (κ1) is 12.5. The molecule has 0 aliphatic heterocycles. The number of hydrogen-bond acceptors (Lipinski definition) is 3. The van der Waals surface area contributed by atoms with Crippen molar-refractivity contribution in [3.05, 3.63) is 29.8 Å². The van der Waals surface area contributed by atoms with Crippen LogP contribution < -0.4 is 5.32 Å². The highest BCUT2D eigenvalue weighted by Crippen LogP contribution is 2.10. The SMILES string of the molecule is O=C(O)c1cccc(NCCCCCO)c1. The lowest BCUT2D eigenvalue weighted by Crippen LogP contribution is -2.03. The second kappa shape index (κ2) is 6.85. The van der Waals surface area contributed by atoms with E-state index >= 15 is 0 Å². The normalized spacial score (nSPS) is 10.1. The molecule has 0 amide bonds. The highest BCUT2D eigenvalue weighted by Gasteiger charge is 2.02. The predicted molar refractivity (Wildman–Crippen MR) is 62.8 cm³/mol. The average molecular weight is 223 g/mol. The van der Waals surface area contributed by atoms with Gasteiger partial charge < -0.3 is 15.5 Å². The largest absolute Gasteiger partial charge is 0.478 e. The van der Waals surface area contributed by atoms with Crippen molar-refractivity contribution in [1.29, 1.82) is 0 Å². The Hall–Kier alpha value is -1.55. The van der Waals surface area contributed by atoms with E-state index in [1.165, 1.54) is 0 Å². The molecule has 16 heavy (non-hydrogen) atoms. The fourth-order valence-corrected chi connectivity index (χ4v) is 1.41. The lowest BCUT2D eigenvalue weighted by Gasteiger charge is -2.06. The van der Waals surface area contributed by atoms with Crippen LogP contribution in [-0.2, 0) is 0 Å². The van der Waals surface area contributed by atoms with Gasteiger partial charge in [0.2, 0.25) is 0 Å². The van der Waals surface area contributed by atoms with Crippen LogP contribution in [0.3, 0.4) is 0 Å². The van der Waals surface area contributed by atoms with E-state index in [4.69, 9.17) is 10.2 Å². The topological polar surface area (TPSA) is 69.6 Å². The van der Waals surface area contributed by atoms with E-state index in [2.05, 4.69) is 5.32 Å². The Morgan fingerprint density at radius 2 is 2.06 bits per heavy atom. The Balaban J connectivity index is 2.36. The smallest absolute Gasteiger partial charge is 0.335 e. The first-order valence-electron chi connectivity index (χ1n) is 5.42. The van der Waals surface area contributed by atoms with Crippen LogP contribution in [-0.4, -0.2) is 29.3 Å². The summed E-state index contributed by atoms with van der Waals surface area (Å²) >= 11 is 0. The van der Waals surface area contributed by atoms with Gasteiger partial charge in [0.05, 0.1) is 5.56 Å². The van der Waals surface area contributed by atoms with Crippen LogP contribution in [0.15, 0.2) is 24.3 Å². The van der Waals surface area contributed by atoms with E-state index in [1.807, 2.05) is 6.07 Å². The summed E-state index contributed by atoms with van der Waals surface area (Å²) in [5.74, 6) is -0.913. The van der Waals surface area contributed by atoms with Gasteiger partial charge in [-0.3, -0.25) is 0 Å². The number of benzene rings is 1. The molecule has 4 heteroatoms. The van der Waals surface area contributed by atoms with Crippen LogP contribution in [0.4, 0.5) is 5.69 Å². The molecule has 0 atom stereocenters. The van der Waals surface area contributed by atoms with Crippen LogP contribution in [0.25, 0.3) is 0 Å². The van der Waals surface area contributed by atoms with E-state index in [-0.39, 0.29) is 6.61 Å². The predicted octanol–water partition coefficient (Wildman–Crippen LogP) is 1.96. The first-order chi connectivity index (χ1) is 7.74. The molecule has 4 nitrogen and oxygen atoms in total. The molecule has 0 fully saturated rings. The van der Waals surface area contributed by atoms with Crippen molar-refractivity contribution in [3.63, 3.8) is 0 Å². The summed E-state index contributed by atoms with van der Waals surface area (Å²) in [6.45, 7) is 1.03. The number of unbranched alkanes of at least 4 members (excludes halogenated alkanes) is 2. The third-order valence-corrected chi connectivity index (χ3v) is 2.27. The number of rotatable bonds is 7. The van der Waals surface area contributed by atoms with Gasteiger partial charge in [0.1, 0.15) is 0 Å². The molecular formula is C12H17NO3. The Morgan fingerprint density at radius 3 is 2.75 bits per heavy atom. The lowest BCUT2D eigenvalue weighted by molar-refractivity contribution is 0.0697. The average Bonchev–Trinajstić information content (AvgIpc) is 2.29. The molecule has 0 aliphatic carbocycles. The van der Waals surface area contributed by atoms with Gasteiger partial charge in [-0.15, -0.1) is 0 Å². The molecule has 1 aromatic rings. The Labute approximate surface area is 94.9 Å². The minimum absolute atomic E-state index is 0.231. The number of carbonyl (C=O) groups is 1. The molecule has 0 aliphatic rings. The fourth-order valence-electron chi connectivity index (χ4n) is 1.41. The van der Waals surface area contributed by atoms with Crippen molar-refractivity contribution in [3.8, 4) is 0 Å². The van der Waals surface area contributed by atoms with Gasteiger partial charge in [0.15, 0.2) is 0 Å². The molecule has 1 rings (SSSR count). The molecule has 0 radical (unpaired) electrons. The van der Waals surface area contributed by atoms with Gasteiger partial charge in [-0.2, -0.15) is 0 Å². The standard InChI is InChI=1S/C12H17NO3/c14-8-3-1-2-7-13-11-6-4-5-10(9-11)12(15)16/h4-6,9,13-14H,1-3,7-8H2,(H,15,16). The molecule has 0 spiro atoms. The molecule has 0 saturated carbocycles. The van der Waals surface area contributed by atoms with E-state index in [9.17, 15) is 4.79 Å². The number of carboxylic acids is 1. The van der Waals surface area contributed by atoms with Crippen LogP contribution in [0.1, 0.15) is 29.6 Å². The highest BCUT2D eigenvalue weighted by atomic mass is 16.4. The zero-order valence-corrected chi connectivity index (χ0v) is 9.15. The van der Waals surface area contributed by atoms with Gasteiger partial charge in [0, 0.05) is 18.8 Å². The second-order valence-corrected chi connectivity index (χ2v) is 3.60. The second-order valence-electron chi connectivity index (χ2n) is 3.60. The van der Waals surface area contributed by atoms with Gasteiger partial charge in [-0.1, -0.05) is 6.07 Å². The third-order valence-electron chi connectivity index (χ3n) is 2.27. The van der Waals surface area contributed by atoms with Crippen molar-refractivity contribution in [1.82, 2.24) is 0 Å². The molecule has 1 aromatic carbocycles. The van der Waals surface area contributed by atoms with Gasteiger partial charge in [0.25, 0.3) is 0 Å². The third kappa shape index (κ3) is 4.31. The maximum atomic E-state index is 10.7. The first-order valence-corrected chi connectivity index (χ1v) is 5.42.